The van der Waals surface area contributed by atoms with E-state index in [1.54, 1.807) is 30.3 Å². The quantitative estimate of drug-likeness (QED) is 0.864. The number of carbonyl (C=O) groups is 1. The van der Waals surface area contributed by atoms with Crippen LogP contribution >= 0.6 is 11.6 Å². The summed E-state index contributed by atoms with van der Waals surface area (Å²) >= 11 is 5.90. The fraction of sp³-hybridized carbons (Fsp3) is 0.0714. The van der Waals surface area contributed by atoms with Gasteiger partial charge in [-0.25, -0.2) is 0 Å². The SMILES string of the molecule is COc1ccc(C(=O)c2ccccc2)c(O)c1Cl. The van der Waals surface area contributed by atoms with Crippen LogP contribution in [0.4, 0.5) is 0 Å². The highest BCUT2D eigenvalue weighted by molar-refractivity contribution is 6.34. The van der Waals surface area contributed by atoms with Crippen LogP contribution in [-0.2, 0) is 0 Å². The topological polar surface area (TPSA) is 46.5 Å². The molecular weight excluding hydrogens is 252 g/mol. The van der Waals surface area contributed by atoms with E-state index in [4.69, 9.17) is 16.3 Å². The van der Waals surface area contributed by atoms with Crippen LogP contribution in [0.25, 0.3) is 0 Å². The zero-order valence-electron chi connectivity index (χ0n) is 9.68. The first-order chi connectivity index (χ1) is 8.65. The van der Waals surface area contributed by atoms with Gasteiger partial charge in [-0.15, -0.1) is 0 Å². The smallest absolute Gasteiger partial charge is 0.196 e. The van der Waals surface area contributed by atoms with E-state index >= 15 is 0 Å². The van der Waals surface area contributed by atoms with Crippen LogP contribution in [0.1, 0.15) is 15.9 Å². The van der Waals surface area contributed by atoms with Crippen molar-refractivity contribution in [3.63, 3.8) is 0 Å². The number of benzene rings is 2. The molecule has 1 N–H and O–H groups in total. The Morgan fingerprint density at radius 1 is 1.17 bits per heavy atom. The molecule has 0 bridgehead atoms. The van der Waals surface area contributed by atoms with Gasteiger partial charge in [0.1, 0.15) is 16.5 Å². The van der Waals surface area contributed by atoms with E-state index in [0.29, 0.717) is 11.3 Å². The summed E-state index contributed by atoms with van der Waals surface area (Å²) in [5.41, 5.74) is 0.654. The summed E-state index contributed by atoms with van der Waals surface area (Å²) in [5, 5.41) is 9.95. The first-order valence-corrected chi connectivity index (χ1v) is 5.68. The minimum Gasteiger partial charge on any atom is -0.505 e. The maximum absolute atomic E-state index is 12.2. The van der Waals surface area contributed by atoms with Gasteiger partial charge in [0, 0.05) is 5.56 Å². The fourth-order valence-electron chi connectivity index (χ4n) is 1.63. The number of carbonyl (C=O) groups excluding carboxylic acids is 1. The van der Waals surface area contributed by atoms with E-state index < -0.39 is 0 Å². The van der Waals surface area contributed by atoms with Crippen molar-refractivity contribution in [1.29, 1.82) is 0 Å². The molecule has 0 saturated carbocycles. The van der Waals surface area contributed by atoms with Crippen LogP contribution in [0.3, 0.4) is 0 Å². The zero-order chi connectivity index (χ0) is 13.1. The molecule has 0 fully saturated rings. The molecule has 0 unspecified atom stereocenters. The van der Waals surface area contributed by atoms with E-state index in [9.17, 15) is 9.90 Å². The molecular formula is C14H11ClO3. The van der Waals surface area contributed by atoms with Crippen molar-refractivity contribution in [2.75, 3.05) is 7.11 Å². The Bertz CT molecular complexity index is 579. The van der Waals surface area contributed by atoms with E-state index in [2.05, 4.69) is 0 Å². The highest BCUT2D eigenvalue weighted by Gasteiger charge is 2.18. The largest absolute Gasteiger partial charge is 0.505 e. The highest BCUT2D eigenvalue weighted by atomic mass is 35.5. The number of ether oxygens (including phenoxy) is 1. The van der Waals surface area contributed by atoms with Crippen molar-refractivity contribution in [3.05, 3.63) is 58.6 Å². The van der Waals surface area contributed by atoms with Gasteiger partial charge in [0.2, 0.25) is 0 Å². The maximum Gasteiger partial charge on any atom is 0.196 e. The fourth-order valence-corrected chi connectivity index (χ4v) is 1.87. The molecule has 0 heterocycles. The predicted molar refractivity (Wildman–Crippen MR) is 69.5 cm³/mol. The third-order valence-electron chi connectivity index (χ3n) is 2.58. The van der Waals surface area contributed by atoms with Crippen LogP contribution in [0.5, 0.6) is 11.5 Å². The first kappa shape index (κ1) is 12.5. The van der Waals surface area contributed by atoms with E-state index in [-0.39, 0.29) is 22.1 Å². The summed E-state index contributed by atoms with van der Waals surface area (Å²) in [4.78, 5) is 12.2. The normalized spacial score (nSPS) is 10.1. The number of halogens is 1. The molecule has 18 heavy (non-hydrogen) atoms. The Labute approximate surface area is 110 Å². The van der Waals surface area contributed by atoms with Crippen molar-refractivity contribution >= 4 is 17.4 Å². The molecule has 2 aromatic rings. The second-order valence-corrected chi connectivity index (χ2v) is 4.05. The molecule has 92 valence electrons. The van der Waals surface area contributed by atoms with Gasteiger partial charge >= 0.3 is 0 Å². The average Bonchev–Trinajstić information content (AvgIpc) is 2.42. The van der Waals surface area contributed by atoms with Crippen LogP contribution in [0.15, 0.2) is 42.5 Å². The molecule has 0 amide bonds. The molecule has 0 saturated heterocycles. The van der Waals surface area contributed by atoms with Crippen LogP contribution in [-0.4, -0.2) is 18.0 Å². The van der Waals surface area contributed by atoms with Crippen LogP contribution in [0, 0.1) is 0 Å². The molecule has 2 rings (SSSR count). The van der Waals surface area contributed by atoms with E-state index in [1.807, 2.05) is 6.07 Å². The van der Waals surface area contributed by atoms with Gasteiger partial charge in [0.25, 0.3) is 0 Å². The van der Waals surface area contributed by atoms with Crippen molar-refractivity contribution < 1.29 is 14.6 Å². The van der Waals surface area contributed by atoms with Crippen molar-refractivity contribution in [3.8, 4) is 11.5 Å². The van der Waals surface area contributed by atoms with Gasteiger partial charge in [-0.1, -0.05) is 41.9 Å². The third-order valence-corrected chi connectivity index (χ3v) is 2.95. The summed E-state index contributed by atoms with van der Waals surface area (Å²) in [6, 6.07) is 11.7. The van der Waals surface area contributed by atoms with Gasteiger partial charge in [-0.2, -0.15) is 0 Å². The van der Waals surface area contributed by atoms with Gasteiger partial charge < -0.3 is 9.84 Å². The number of methoxy groups -OCH3 is 1. The maximum atomic E-state index is 12.2. The Kier molecular flexibility index (Phi) is 3.53. The number of rotatable bonds is 3. The molecule has 0 spiro atoms. The first-order valence-electron chi connectivity index (χ1n) is 5.30. The second kappa shape index (κ2) is 5.10. The molecule has 0 atom stereocenters. The standard InChI is InChI=1S/C14H11ClO3/c1-18-11-8-7-10(14(17)12(11)15)13(16)9-5-3-2-4-6-9/h2-8,17H,1H3. The Morgan fingerprint density at radius 2 is 1.83 bits per heavy atom. The van der Waals surface area contributed by atoms with Crippen molar-refractivity contribution in [2.45, 2.75) is 0 Å². The number of ketones is 1. The molecule has 0 aromatic heterocycles. The second-order valence-electron chi connectivity index (χ2n) is 3.67. The summed E-state index contributed by atoms with van der Waals surface area (Å²) in [7, 11) is 1.44. The van der Waals surface area contributed by atoms with Crippen molar-refractivity contribution in [2.24, 2.45) is 0 Å². The molecule has 4 heteroatoms. The Morgan fingerprint density at radius 3 is 2.44 bits per heavy atom. The molecule has 3 nitrogen and oxygen atoms in total. The number of aromatic hydroxyl groups is 1. The lowest BCUT2D eigenvalue weighted by molar-refractivity contribution is 0.103. The Hall–Kier alpha value is -2.00. The molecule has 0 aliphatic carbocycles. The lowest BCUT2D eigenvalue weighted by Crippen LogP contribution is -2.02. The van der Waals surface area contributed by atoms with E-state index in [0.717, 1.165) is 0 Å². The van der Waals surface area contributed by atoms with Crippen LogP contribution < -0.4 is 4.74 Å². The summed E-state index contributed by atoms with van der Waals surface area (Å²) in [5.74, 6) is -0.207. The monoisotopic (exact) mass is 262 g/mol. The van der Waals surface area contributed by atoms with Gasteiger partial charge in [-0.3, -0.25) is 4.79 Å². The number of phenolic OH excluding ortho intramolecular Hbond substituents is 1. The number of hydrogen-bond acceptors (Lipinski definition) is 3. The summed E-state index contributed by atoms with van der Waals surface area (Å²) in [6.07, 6.45) is 0. The number of hydrogen-bond donors (Lipinski definition) is 1. The number of phenols is 1. The van der Waals surface area contributed by atoms with Gasteiger partial charge in [0.15, 0.2) is 5.78 Å². The lowest BCUT2D eigenvalue weighted by atomic mass is 10.0. The molecule has 0 aliphatic heterocycles. The van der Waals surface area contributed by atoms with Crippen LogP contribution in [0.2, 0.25) is 5.02 Å². The van der Waals surface area contributed by atoms with E-state index in [1.165, 1.54) is 13.2 Å². The minimum absolute atomic E-state index is 0.0410. The predicted octanol–water partition coefficient (Wildman–Crippen LogP) is 3.29. The molecule has 2 aromatic carbocycles. The van der Waals surface area contributed by atoms with Gasteiger partial charge in [0.05, 0.1) is 12.7 Å². The Balaban J connectivity index is 2.47. The minimum atomic E-state index is -0.280. The molecule has 0 radical (unpaired) electrons. The highest BCUT2D eigenvalue weighted by Crippen LogP contribution is 2.36. The molecule has 0 aliphatic rings. The summed E-state index contributed by atoms with van der Waals surface area (Å²) < 4.78 is 4.96. The average molecular weight is 263 g/mol. The zero-order valence-corrected chi connectivity index (χ0v) is 10.4. The van der Waals surface area contributed by atoms with Crippen molar-refractivity contribution in [1.82, 2.24) is 0 Å². The third kappa shape index (κ3) is 2.17. The lowest BCUT2D eigenvalue weighted by Gasteiger charge is -2.09. The summed E-state index contributed by atoms with van der Waals surface area (Å²) in [6.45, 7) is 0. The van der Waals surface area contributed by atoms with Gasteiger partial charge in [-0.05, 0) is 12.1 Å².